The topological polar surface area (TPSA) is 75.7 Å². The Hall–Kier alpha value is -2.08. The summed E-state index contributed by atoms with van der Waals surface area (Å²) in [6.07, 6.45) is 4.97. The summed E-state index contributed by atoms with van der Waals surface area (Å²) in [5, 5.41) is 2.76. The van der Waals surface area contributed by atoms with Crippen LogP contribution in [0.4, 0.5) is 5.82 Å². The molecule has 6 nitrogen and oxygen atoms in total. The molecule has 0 aliphatic carbocycles. The van der Waals surface area contributed by atoms with Crippen molar-refractivity contribution in [3.63, 3.8) is 0 Å². The van der Waals surface area contributed by atoms with Crippen molar-refractivity contribution in [3.8, 4) is 0 Å². The first-order valence-electron chi connectivity index (χ1n) is 7.40. The van der Waals surface area contributed by atoms with E-state index >= 15 is 0 Å². The minimum Gasteiger partial charge on any atom is -0.357 e. The number of pyridine rings is 1. The lowest BCUT2D eigenvalue weighted by Gasteiger charge is -2.35. The molecule has 1 fully saturated rings. The largest absolute Gasteiger partial charge is 0.357 e. The minimum absolute atomic E-state index is 0.0507. The predicted octanol–water partition coefficient (Wildman–Crippen LogP) is 0.898. The van der Waals surface area contributed by atoms with Gasteiger partial charge in [-0.05, 0) is 31.4 Å². The van der Waals surface area contributed by atoms with Crippen LogP contribution in [-0.2, 0) is 11.3 Å². The summed E-state index contributed by atoms with van der Waals surface area (Å²) < 4.78 is 2.00. The number of carbonyl (C=O) groups is 1. The SMILES string of the molecule is CNC(=O)C1CCCCN1c1nc2ccccn2c1CN. The number of nitrogens with zero attached hydrogens (tertiary/aromatic N) is 3. The number of hydrogen-bond donors (Lipinski definition) is 2. The Labute approximate surface area is 123 Å². The third-order valence-corrected chi connectivity index (χ3v) is 4.12. The third kappa shape index (κ3) is 2.35. The fourth-order valence-corrected chi connectivity index (χ4v) is 3.08. The molecular formula is C15H21N5O. The number of fused-ring (bicyclic) bond motifs is 1. The molecule has 0 spiro atoms. The first-order valence-corrected chi connectivity index (χ1v) is 7.40. The summed E-state index contributed by atoms with van der Waals surface area (Å²) in [7, 11) is 1.68. The van der Waals surface area contributed by atoms with Crippen LogP contribution in [0.2, 0.25) is 0 Å². The number of imidazole rings is 1. The number of aromatic nitrogens is 2. The minimum atomic E-state index is -0.154. The fraction of sp³-hybridized carbons (Fsp3) is 0.467. The van der Waals surface area contributed by atoms with Crippen LogP contribution in [0.1, 0.15) is 25.0 Å². The summed E-state index contributed by atoms with van der Waals surface area (Å²) in [6, 6.07) is 5.73. The number of carbonyl (C=O) groups excluding carboxylic acids is 1. The molecule has 6 heteroatoms. The van der Waals surface area contributed by atoms with Gasteiger partial charge in [-0.3, -0.25) is 4.79 Å². The van der Waals surface area contributed by atoms with Crippen LogP contribution < -0.4 is 16.0 Å². The standard InChI is InChI=1S/C15H21N5O/c1-17-15(21)11-6-2-4-9-20(11)14-12(10-16)19-8-5-3-7-13(19)18-14/h3,5,7-8,11H,2,4,6,9-10,16H2,1H3,(H,17,21). The Morgan fingerprint density at radius 1 is 1.48 bits per heavy atom. The van der Waals surface area contributed by atoms with Gasteiger partial charge in [0.15, 0.2) is 5.82 Å². The van der Waals surface area contributed by atoms with Crippen molar-refractivity contribution in [2.24, 2.45) is 5.73 Å². The molecule has 1 aliphatic heterocycles. The van der Waals surface area contributed by atoms with Crippen molar-refractivity contribution in [3.05, 3.63) is 30.1 Å². The highest BCUT2D eigenvalue weighted by atomic mass is 16.2. The van der Waals surface area contributed by atoms with Crippen LogP contribution >= 0.6 is 0 Å². The molecule has 1 amide bonds. The van der Waals surface area contributed by atoms with E-state index in [0.717, 1.165) is 43.0 Å². The zero-order valence-electron chi connectivity index (χ0n) is 12.2. The van der Waals surface area contributed by atoms with Gasteiger partial charge in [0.1, 0.15) is 11.7 Å². The second-order valence-corrected chi connectivity index (χ2v) is 5.33. The van der Waals surface area contributed by atoms with Crippen LogP contribution in [0.5, 0.6) is 0 Å². The highest BCUT2D eigenvalue weighted by Crippen LogP contribution is 2.28. The number of nitrogens with two attached hydrogens (primary N) is 1. The smallest absolute Gasteiger partial charge is 0.242 e. The molecular weight excluding hydrogens is 266 g/mol. The third-order valence-electron chi connectivity index (χ3n) is 4.12. The van der Waals surface area contributed by atoms with Crippen molar-refractivity contribution in [1.29, 1.82) is 0 Å². The zero-order chi connectivity index (χ0) is 14.8. The van der Waals surface area contributed by atoms with Gasteiger partial charge in [0, 0.05) is 26.3 Å². The number of piperidine rings is 1. The highest BCUT2D eigenvalue weighted by Gasteiger charge is 2.31. The van der Waals surface area contributed by atoms with Crippen LogP contribution in [0.3, 0.4) is 0 Å². The number of hydrogen-bond acceptors (Lipinski definition) is 4. The zero-order valence-corrected chi connectivity index (χ0v) is 12.2. The van der Waals surface area contributed by atoms with Crippen LogP contribution in [0, 0.1) is 0 Å². The van der Waals surface area contributed by atoms with E-state index in [2.05, 4.69) is 10.2 Å². The molecule has 1 aliphatic rings. The van der Waals surface area contributed by atoms with Crippen molar-refractivity contribution in [1.82, 2.24) is 14.7 Å². The van der Waals surface area contributed by atoms with Gasteiger partial charge in [0.2, 0.25) is 5.91 Å². The molecule has 112 valence electrons. The molecule has 2 aromatic heterocycles. The summed E-state index contributed by atoms with van der Waals surface area (Å²) in [5.74, 6) is 0.895. The second kappa shape index (κ2) is 5.73. The lowest BCUT2D eigenvalue weighted by Crippen LogP contribution is -2.49. The first kappa shape index (κ1) is 13.9. The molecule has 0 aromatic carbocycles. The van der Waals surface area contributed by atoms with E-state index in [1.807, 2.05) is 28.8 Å². The molecule has 1 unspecified atom stereocenters. The maximum Gasteiger partial charge on any atom is 0.242 e. The fourth-order valence-electron chi connectivity index (χ4n) is 3.08. The van der Waals surface area contributed by atoms with Crippen molar-refractivity contribution < 1.29 is 4.79 Å². The Bertz CT molecular complexity index is 651. The molecule has 0 saturated carbocycles. The molecule has 1 saturated heterocycles. The molecule has 3 heterocycles. The summed E-state index contributed by atoms with van der Waals surface area (Å²) in [6.45, 7) is 1.24. The van der Waals surface area contributed by atoms with Crippen LogP contribution in [0.15, 0.2) is 24.4 Å². The van der Waals surface area contributed by atoms with Gasteiger partial charge in [-0.15, -0.1) is 0 Å². The van der Waals surface area contributed by atoms with Crippen LogP contribution in [-0.4, -0.2) is 34.9 Å². The van der Waals surface area contributed by atoms with E-state index in [-0.39, 0.29) is 11.9 Å². The van der Waals surface area contributed by atoms with E-state index in [4.69, 9.17) is 10.7 Å². The van der Waals surface area contributed by atoms with Gasteiger partial charge < -0.3 is 20.4 Å². The van der Waals surface area contributed by atoms with Gasteiger partial charge in [-0.2, -0.15) is 0 Å². The van der Waals surface area contributed by atoms with E-state index in [0.29, 0.717) is 6.54 Å². The van der Waals surface area contributed by atoms with E-state index in [1.54, 1.807) is 7.05 Å². The lowest BCUT2D eigenvalue weighted by molar-refractivity contribution is -0.122. The highest BCUT2D eigenvalue weighted by molar-refractivity contribution is 5.85. The Morgan fingerprint density at radius 2 is 2.33 bits per heavy atom. The normalized spacial score (nSPS) is 19.0. The number of anilines is 1. The van der Waals surface area contributed by atoms with E-state index in [1.165, 1.54) is 0 Å². The number of amides is 1. The summed E-state index contributed by atoms with van der Waals surface area (Å²) >= 11 is 0. The van der Waals surface area contributed by atoms with Gasteiger partial charge in [-0.1, -0.05) is 6.07 Å². The van der Waals surface area contributed by atoms with Crippen molar-refractivity contribution in [2.45, 2.75) is 31.8 Å². The number of nitrogens with one attached hydrogen (secondary N) is 1. The molecule has 2 aromatic rings. The Balaban J connectivity index is 2.06. The van der Waals surface area contributed by atoms with E-state index in [9.17, 15) is 4.79 Å². The average Bonchev–Trinajstić information content (AvgIpc) is 2.92. The monoisotopic (exact) mass is 287 g/mol. The summed E-state index contributed by atoms with van der Waals surface area (Å²) in [5.41, 5.74) is 7.76. The number of likely N-dealkylation sites (N-methyl/N-ethyl adjacent to an activating group) is 1. The van der Waals surface area contributed by atoms with Gasteiger partial charge in [0.25, 0.3) is 0 Å². The van der Waals surface area contributed by atoms with Crippen molar-refractivity contribution in [2.75, 3.05) is 18.5 Å². The molecule has 1 atom stereocenters. The lowest BCUT2D eigenvalue weighted by atomic mass is 10.0. The molecule has 21 heavy (non-hydrogen) atoms. The molecule has 3 rings (SSSR count). The van der Waals surface area contributed by atoms with Gasteiger partial charge >= 0.3 is 0 Å². The van der Waals surface area contributed by atoms with Crippen LogP contribution in [0.25, 0.3) is 5.65 Å². The van der Waals surface area contributed by atoms with Crippen molar-refractivity contribution >= 4 is 17.4 Å². The maximum absolute atomic E-state index is 12.1. The van der Waals surface area contributed by atoms with E-state index < -0.39 is 0 Å². The Kier molecular flexibility index (Phi) is 3.79. The molecule has 0 radical (unpaired) electrons. The average molecular weight is 287 g/mol. The summed E-state index contributed by atoms with van der Waals surface area (Å²) in [4.78, 5) is 19.0. The molecule has 3 N–H and O–H groups in total. The molecule has 0 bridgehead atoms. The first-order chi connectivity index (χ1) is 10.3. The quantitative estimate of drug-likeness (QED) is 0.879. The van der Waals surface area contributed by atoms with Gasteiger partial charge in [0.05, 0.1) is 5.69 Å². The second-order valence-electron chi connectivity index (χ2n) is 5.33. The predicted molar refractivity (Wildman–Crippen MR) is 82.1 cm³/mol. The Morgan fingerprint density at radius 3 is 3.10 bits per heavy atom. The van der Waals surface area contributed by atoms with Gasteiger partial charge in [-0.25, -0.2) is 4.98 Å². The maximum atomic E-state index is 12.1. The number of rotatable bonds is 3.